The van der Waals surface area contributed by atoms with Crippen molar-refractivity contribution in [3.63, 3.8) is 0 Å². The number of hydrogen-bond donors (Lipinski definition) is 0. The Kier molecular flexibility index (Phi) is 5.49. The number of rotatable bonds is 5. The molecule has 0 amide bonds. The molecule has 0 unspecified atom stereocenters. The van der Waals surface area contributed by atoms with Crippen LogP contribution >= 0.6 is 0 Å². The van der Waals surface area contributed by atoms with Crippen molar-refractivity contribution in [1.82, 2.24) is 4.98 Å². The van der Waals surface area contributed by atoms with E-state index in [-0.39, 0.29) is 6.10 Å². The van der Waals surface area contributed by atoms with Gasteiger partial charge in [0.25, 0.3) is 0 Å². The molecule has 0 atom stereocenters. The standard InChI is InChI=1S/C21H24N2O2/c1-15(2)25-19-9-8-16(20(13-19)24-3)12-17-6-5-11-23-21(17)18-7-4-10-22-14-18/h4,7-10,12-15H,5-6,11H2,1-3H3/b17-12-. The van der Waals surface area contributed by atoms with E-state index in [2.05, 4.69) is 17.1 Å². The molecule has 0 bridgehead atoms. The zero-order chi connectivity index (χ0) is 17.6. The maximum absolute atomic E-state index is 5.76. The van der Waals surface area contributed by atoms with Gasteiger partial charge in [-0.15, -0.1) is 0 Å². The predicted molar refractivity (Wildman–Crippen MR) is 102 cm³/mol. The number of allylic oxidation sites excluding steroid dienone is 1. The number of pyridine rings is 1. The molecule has 1 aliphatic rings. The Morgan fingerprint density at radius 3 is 2.80 bits per heavy atom. The first-order chi connectivity index (χ1) is 12.2. The Hall–Kier alpha value is -2.62. The molecule has 0 saturated heterocycles. The van der Waals surface area contributed by atoms with Gasteiger partial charge in [-0.05, 0) is 62.6 Å². The van der Waals surface area contributed by atoms with Gasteiger partial charge in [0, 0.05) is 36.1 Å². The molecule has 25 heavy (non-hydrogen) atoms. The third-order valence-corrected chi connectivity index (χ3v) is 4.02. The highest BCUT2D eigenvalue weighted by atomic mass is 16.5. The number of ether oxygens (including phenoxy) is 2. The average molecular weight is 336 g/mol. The topological polar surface area (TPSA) is 43.7 Å². The summed E-state index contributed by atoms with van der Waals surface area (Å²) in [5.74, 6) is 1.63. The smallest absolute Gasteiger partial charge is 0.129 e. The molecule has 0 aliphatic carbocycles. The summed E-state index contributed by atoms with van der Waals surface area (Å²) in [6.07, 6.45) is 8.02. The fourth-order valence-electron chi connectivity index (χ4n) is 2.94. The van der Waals surface area contributed by atoms with E-state index in [0.29, 0.717) is 0 Å². The Labute approximate surface area is 149 Å². The van der Waals surface area contributed by atoms with Crippen molar-refractivity contribution in [3.05, 3.63) is 59.4 Å². The van der Waals surface area contributed by atoms with E-state index in [0.717, 1.165) is 47.7 Å². The van der Waals surface area contributed by atoms with E-state index in [9.17, 15) is 0 Å². The lowest BCUT2D eigenvalue weighted by Crippen LogP contribution is -2.12. The average Bonchev–Trinajstić information content (AvgIpc) is 2.63. The van der Waals surface area contributed by atoms with Crippen molar-refractivity contribution in [2.45, 2.75) is 32.8 Å². The first-order valence-corrected chi connectivity index (χ1v) is 8.68. The number of methoxy groups -OCH3 is 1. The van der Waals surface area contributed by atoms with Crippen LogP contribution in [0.1, 0.15) is 37.8 Å². The summed E-state index contributed by atoms with van der Waals surface area (Å²) in [6, 6.07) is 9.97. The van der Waals surface area contributed by atoms with E-state index in [4.69, 9.17) is 14.5 Å². The maximum Gasteiger partial charge on any atom is 0.129 e. The second-order valence-electron chi connectivity index (χ2n) is 6.32. The van der Waals surface area contributed by atoms with Crippen molar-refractivity contribution in [3.8, 4) is 11.5 Å². The van der Waals surface area contributed by atoms with E-state index in [1.807, 2.05) is 44.3 Å². The molecule has 1 aliphatic heterocycles. The summed E-state index contributed by atoms with van der Waals surface area (Å²) < 4.78 is 11.3. The molecule has 0 radical (unpaired) electrons. The fourth-order valence-corrected chi connectivity index (χ4v) is 2.94. The minimum absolute atomic E-state index is 0.136. The molecule has 0 fully saturated rings. The third-order valence-electron chi connectivity index (χ3n) is 4.02. The summed E-state index contributed by atoms with van der Waals surface area (Å²) in [7, 11) is 1.69. The molecular weight excluding hydrogens is 312 g/mol. The maximum atomic E-state index is 5.76. The van der Waals surface area contributed by atoms with Crippen LogP contribution in [0.4, 0.5) is 0 Å². The largest absolute Gasteiger partial charge is 0.496 e. The van der Waals surface area contributed by atoms with E-state index in [1.54, 1.807) is 13.3 Å². The van der Waals surface area contributed by atoms with Crippen LogP contribution < -0.4 is 9.47 Å². The van der Waals surface area contributed by atoms with Crippen LogP contribution in [0.3, 0.4) is 0 Å². The number of aromatic nitrogens is 1. The van der Waals surface area contributed by atoms with Gasteiger partial charge < -0.3 is 9.47 Å². The van der Waals surface area contributed by atoms with Gasteiger partial charge in [-0.3, -0.25) is 9.98 Å². The van der Waals surface area contributed by atoms with Gasteiger partial charge in [0.15, 0.2) is 0 Å². The van der Waals surface area contributed by atoms with Crippen molar-refractivity contribution >= 4 is 11.8 Å². The van der Waals surface area contributed by atoms with Crippen LogP contribution in [-0.4, -0.2) is 30.5 Å². The van der Waals surface area contributed by atoms with Crippen LogP contribution in [0, 0.1) is 0 Å². The van der Waals surface area contributed by atoms with Crippen molar-refractivity contribution < 1.29 is 9.47 Å². The monoisotopic (exact) mass is 336 g/mol. The van der Waals surface area contributed by atoms with Crippen molar-refractivity contribution in [2.24, 2.45) is 4.99 Å². The minimum atomic E-state index is 0.136. The zero-order valence-electron chi connectivity index (χ0n) is 15.0. The van der Waals surface area contributed by atoms with Crippen LogP contribution in [0.15, 0.2) is 53.3 Å². The van der Waals surface area contributed by atoms with Gasteiger partial charge in [-0.1, -0.05) is 0 Å². The van der Waals surface area contributed by atoms with E-state index >= 15 is 0 Å². The summed E-state index contributed by atoms with van der Waals surface area (Å²) in [5.41, 5.74) is 4.35. The Morgan fingerprint density at radius 1 is 1.20 bits per heavy atom. The Balaban J connectivity index is 1.95. The molecule has 2 heterocycles. The molecule has 1 aromatic heterocycles. The van der Waals surface area contributed by atoms with Gasteiger partial charge in [0.2, 0.25) is 0 Å². The lowest BCUT2D eigenvalue weighted by atomic mass is 9.94. The summed E-state index contributed by atoms with van der Waals surface area (Å²) in [5, 5.41) is 0. The Bertz CT molecular complexity index is 780. The van der Waals surface area contributed by atoms with Crippen LogP contribution in [0.5, 0.6) is 11.5 Å². The van der Waals surface area contributed by atoms with Crippen LogP contribution in [0.25, 0.3) is 6.08 Å². The first-order valence-electron chi connectivity index (χ1n) is 8.68. The quantitative estimate of drug-likeness (QED) is 0.805. The summed E-state index contributed by atoms with van der Waals surface area (Å²) in [4.78, 5) is 8.96. The molecule has 0 saturated carbocycles. The third kappa shape index (κ3) is 4.27. The number of hydrogen-bond acceptors (Lipinski definition) is 4. The highest BCUT2D eigenvalue weighted by Crippen LogP contribution is 2.30. The molecular formula is C21H24N2O2. The summed E-state index contributed by atoms with van der Waals surface area (Å²) >= 11 is 0. The molecule has 130 valence electrons. The molecule has 0 N–H and O–H groups in total. The Morgan fingerprint density at radius 2 is 2.08 bits per heavy atom. The molecule has 3 rings (SSSR count). The SMILES string of the molecule is COc1cc(OC(C)C)ccc1/C=C1/CCCN=C1c1cccnc1. The molecule has 0 spiro atoms. The lowest BCUT2D eigenvalue weighted by molar-refractivity contribution is 0.241. The second kappa shape index (κ2) is 7.97. The first kappa shape index (κ1) is 17.2. The van der Waals surface area contributed by atoms with E-state index < -0.39 is 0 Å². The lowest BCUT2D eigenvalue weighted by Gasteiger charge is -2.17. The fraction of sp³-hybridized carbons (Fsp3) is 0.333. The zero-order valence-corrected chi connectivity index (χ0v) is 15.0. The van der Waals surface area contributed by atoms with Gasteiger partial charge in [-0.25, -0.2) is 0 Å². The number of nitrogens with zero attached hydrogens (tertiary/aromatic N) is 2. The molecule has 2 aromatic rings. The molecule has 4 heteroatoms. The highest BCUT2D eigenvalue weighted by Gasteiger charge is 2.15. The van der Waals surface area contributed by atoms with Gasteiger partial charge in [-0.2, -0.15) is 0 Å². The normalized spacial score (nSPS) is 16.0. The number of aliphatic imine (C=N–C) groups is 1. The van der Waals surface area contributed by atoms with Crippen molar-refractivity contribution in [1.29, 1.82) is 0 Å². The summed E-state index contributed by atoms with van der Waals surface area (Å²) in [6.45, 7) is 4.89. The van der Waals surface area contributed by atoms with E-state index in [1.165, 1.54) is 5.57 Å². The molecule has 4 nitrogen and oxygen atoms in total. The van der Waals surface area contributed by atoms with Crippen LogP contribution in [0.2, 0.25) is 0 Å². The van der Waals surface area contributed by atoms with Crippen LogP contribution in [-0.2, 0) is 0 Å². The van der Waals surface area contributed by atoms with Gasteiger partial charge >= 0.3 is 0 Å². The van der Waals surface area contributed by atoms with Crippen molar-refractivity contribution in [2.75, 3.05) is 13.7 Å². The second-order valence-corrected chi connectivity index (χ2v) is 6.32. The van der Waals surface area contributed by atoms with Gasteiger partial charge in [0.05, 0.1) is 18.9 Å². The number of benzene rings is 1. The van der Waals surface area contributed by atoms with Gasteiger partial charge in [0.1, 0.15) is 11.5 Å². The predicted octanol–water partition coefficient (Wildman–Crippen LogP) is 4.54. The highest BCUT2D eigenvalue weighted by molar-refractivity contribution is 6.15. The minimum Gasteiger partial charge on any atom is -0.496 e. The molecule has 1 aromatic carbocycles.